The van der Waals surface area contributed by atoms with Crippen molar-refractivity contribution in [2.24, 2.45) is 57.2 Å². The summed E-state index contributed by atoms with van der Waals surface area (Å²) >= 11 is 0. The summed E-state index contributed by atoms with van der Waals surface area (Å²) in [5.41, 5.74) is 3.17. The molecule has 6 rings (SSSR count). The van der Waals surface area contributed by atoms with Crippen molar-refractivity contribution in [3.05, 3.63) is 23.9 Å². The van der Waals surface area contributed by atoms with Crippen molar-refractivity contribution < 1.29 is 4.42 Å². The molecule has 36 heavy (non-hydrogen) atoms. The highest BCUT2D eigenvalue weighted by Gasteiger charge is 2.71. The van der Waals surface area contributed by atoms with Gasteiger partial charge in [-0.1, -0.05) is 53.7 Å². The lowest BCUT2D eigenvalue weighted by Gasteiger charge is -2.73. The van der Waals surface area contributed by atoms with Crippen LogP contribution in [0.1, 0.15) is 124 Å². The van der Waals surface area contributed by atoms with E-state index in [1.165, 1.54) is 69.8 Å². The van der Waals surface area contributed by atoms with Gasteiger partial charge in [-0.2, -0.15) is 0 Å². The van der Waals surface area contributed by atoms with Crippen LogP contribution in [-0.4, -0.2) is 10.2 Å². The van der Waals surface area contributed by atoms with Crippen molar-refractivity contribution in [3.63, 3.8) is 0 Å². The Morgan fingerprint density at radius 1 is 0.833 bits per heavy atom. The van der Waals surface area contributed by atoms with E-state index < -0.39 is 0 Å². The fraction of sp³-hybridized carbons (Fsp3) is 0.879. The molecule has 0 saturated heterocycles. The quantitative estimate of drug-likeness (QED) is 0.387. The standard InChI is InChI=1S/C33H52N2O/c1-20(2)23-13-17-33(28-35-34-22(4)36-28)19-18-31(8)24(27(23)33)10-11-26-30(7)15-12-21(3)29(5,6)25(30)14-16-32(26,31)9/h21,23-27H,1,10-19H2,2-9H3/t21-,23-,24+,25-,26+,27+,30-,31+,32+,33-/m0/s1. The first-order valence-corrected chi connectivity index (χ1v) is 15.3. The third-order valence-corrected chi connectivity index (χ3v) is 14.6. The molecular weight excluding hydrogens is 440 g/mol. The number of aryl methyl sites for hydroxylation is 1. The lowest BCUT2D eigenvalue weighted by atomic mass is 9.32. The van der Waals surface area contributed by atoms with Crippen LogP contribution in [0.15, 0.2) is 16.6 Å². The summed E-state index contributed by atoms with van der Waals surface area (Å²) in [6.45, 7) is 24.7. The zero-order valence-corrected chi connectivity index (χ0v) is 24.5. The zero-order chi connectivity index (χ0) is 25.9. The van der Waals surface area contributed by atoms with Crippen LogP contribution in [0.2, 0.25) is 0 Å². The van der Waals surface area contributed by atoms with Crippen LogP contribution in [0.4, 0.5) is 0 Å². The summed E-state index contributed by atoms with van der Waals surface area (Å²) in [7, 11) is 0. The summed E-state index contributed by atoms with van der Waals surface area (Å²) in [6.07, 6.45) is 13.4. The van der Waals surface area contributed by atoms with Crippen molar-refractivity contribution in [3.8, 4) is 0 Å². The molecule has 0 spiro atoms. The van der Waals surface area contributed by atoms with Crippen LogP contribution in [0.3, 0.4) is 0 Å². The third-order valence-electron chi connectivity index (χ3n) is 14.6. The Labute approximate surface area is 220 Å². The minimum atomic E-state index is 0.0572. The zero-order valence-electron chi connectivity index (χ0n) is 24.5. The maximum atomic E-state index is 6.27. The monoisotopic (exact) mass is 492 g/mol. The first kappa shape index (κ1) is 25.2. The Morgan fingerprint density at radius 2 is 1.58 bits per heavy atom. The Balaban J connectivity index is 1.42. The highest BCUT2D eigenvalue weighted by Crippen LogP contribution is 2.77. The van der Waals surface area contributed by atoms with Gasteiger partial charge >= 0.3 is 0 Å². The molecule has 0 unspecified atom stereocenters. The number of nitrogens with zero attached hydrogens (tertiary/aromatic N) is 2. The van der Waals surface area contributed by atoms with Gasteiger partial charge in [0.1, 0.15) is 0 Å². The van der Waals surface area contributed by atoms with Gasteiger partial charge in [0.25, 0.3) is 0 Å². The number of hydrogen-bond donors (Lipinski definition) is 0. The molecule has 0 aliphatic heterocycles. The average molecular weight is 493 g/mol. The SMILES string of the molecule is C=C(C)[C@@H]1CC[C@]2(c3nnc(C)o3)CC[C@]3(C)[C@H](CC[C@@H]4[C@@]5(C)CC[C@H](C)C(C)(C)[C@@H]5CC[C@]43C)[C@@H]12. The van der Waals surface area contributed by atoms with Crippen LogP contribution >= 0.6 is 0 Å². The minimum Gasteiger partial charge on any atom is -0.425 e. The van der Waals surface area contributed by atoms with Crippen molar-refractivity contribution >= 4 is 0 Å². The van der Waals surface area contributed by atoms with Crippen LogP contribution < -0.4 is 0 Å². The number of aromatic nitrogens is 2. The van der Waals surface area contributed by atoms with Gasteiger partial charge in [-0.25, -0.2) is 0 Å². The summed E-state index contributed by atoms with van der Waals surface area (Å²) in [4.78, 5) is 0. The van der Waals surface area contributed by atoms with E-state index in [1.54, 1.807) is 0 Å². The summed E-state index contributed by atoms with van der Waals surface area (Å²) in [5.74, 6) is 6.13. The molecule has 1 aromatic rings. The predicted molar refractivity (Wildman–Crippen MR) is 146 cm³/mol. The smallest absolute Gasteiger partial charge is 0.222 e. The van der Waals surface area contributed by atoms with Gasteiger partial charge in [0, 0.05) is 6.92 Å². The molecule has 5 saturated carbocycles. The van der Waals surface area contributed by atoms with E-state index in [0.29, 0.717) is 33.5 Å². The second kappa shape index (κ2) is 7.72. The second-order valence-corrected chi connectivity index (χ2v) is 15.7. The number of allylic oxidation sites excluding steroid dienone is 1. The second-order valence-electron chi connectivity index (χ2n) is 15.7. The van der Waals surface area contributed by atoms with Crippen LogP contribution in [0.5, 0.6) is 0 Å². The molecule has 0 radical (unpaired) electrons. The third kappa shape index (κ3) is 2.93. The van der Waals surface area contributed by atoms with E-state index in [1.807, 2.05) is 6.92 Å². The van der Waals surface area contributed by atoms with Crippen LogP contribution in [0, 0.1) is 64.1 Å². The fourth-order valence-electron chi connectivity index (χ4n) is 12.2. The maximum absolute atomic E-state index is 6.27. The summed E-state index contributed by atoms with van der Waals surface area (Å²) < 4.78 is 6.27. The Hall–Kier alpha value is -1.12. The first-order valence-electron chi connectivity index (χ1n) is 15.3. The Kier molecular flexibility index (Phi) is 5.40. The maximum Gasteiger partial charge on any atom is 0.222 e. The number of fused-ring (bicyclic) bond motifs is 7. The number of hydrogen-bond acceptors (Lipinski definition) is 3. The van der Waals surface area contributed by atoms with Gasteiger partial charge < -0.3 is 4.42 Å². The molecule has 5 aliphatic rings. The first-order chi connectivity index (χ1) is 16.8. The predicted octanol–water partition coefficient (Wildman–Crippen LogP) is 8.92. The largest absolute Gasteiger partial charge is 0.425 e. The molecule has 200 valence electrons. The van der Waals surface area contributed by atoms with E-state index in [2.05, 4.69) is 65.2 Å². The van der Waals surface area contributed by atoms with E-state index in [-0.39, 0.29) is 5.41 Å². The van der Waals surface area contributed by atoms with Gasteiger partial charge in [0.15, 0.2) is 0 Å². The lowest BCUT2D eigenvalue weighted by molar-refractivity contribution is -0.237. The van der Waals surface area contributed by atoms with Gasteiger partial charge in [0.05, 0.1) is 5.41 Å². The van der Waals surface area contributed by atoms with Crippen molar-refractivity contribution in [2.75, 3.05) is 0 Å². The molecule has 0 aromatic carbocycles. The van der Waals surface area contributed by atoms with E-state index >= 15 is 0 Å². The highest BCUT2D eigenvalue weighted by molar-refractivity contribution is 5.26. The molecular formula is C33H52N2O. The van der Waals surface area contributed by atoms with E-state index in [9.17, 15) is 0 Å². The molecule has 0 amide bonds. The molecule has 10 atom stereocenters. The fourth-order valence-corrected chi connectivity index (χ4v) is 12.2. The van der Waals surface area contributed by atoms with Crippen molar-refractivity contribution in [1.29, 1.82) is 0 Å². The Morgan fingerprint density at radius 3 is 2.25 bits per heavy atom. The molecule has 5 aliphatic carbocycles. The minimum absolute atomic E-state index is 0.0572. The van der Waals surface area contributed by atoms with Crippen molar-refractivity contribution in [2.45, 2.75) is 125 Å². The van der Waals surface area contributed by atoms with Gasteiger partial charge in [0.2, 0.25) is 11.8 Å². The lowest BCUT2D eigenvalue weighted by Crippen LogP contribution is -2.66. The van der Waals surface area contributed by atoms with Gasteiger partial charge in [-0.3, -0.25) is 0 Å². The van der Waals surface area contributed by atoms with Gasteiger partial charge in [-0.05, 0) is 128 Å². The van der Waals surface area contributed by atoms with Gasteiger partial charge in [-0.15, -0.1) is 10.2 Å². The highest BCUT2D eigenvalue weighted by atomic mass is 16.4. The van der Waals surface area contributed by atoms with E-state index in [4.69, 9.17) is 4.42 Å². The Bertz CT molecular complexity index is 1060. The summed E-state index contributed by atoms with van der Waals surface area (Å²) in [5, 5.41) is 9.02. The molecule has 3 nitrogen and oxygen atoms in total. The number of rotatable bonds is 2. The van der Waals surface area contributed by atoms with E-state index in [0.717, 1.165) is 35.5 Å². The molecule has 0 bridgehead atoms. The molecule has 1 aromatic heterocycles. The normalized spacial score (nSPS) is 51.6. The topological polar surface area (TPSA) is 38.9 Å². The van der Waals surface area contributed by atoms with Crippen LogP contribution in [-0.2, 0) is 5.41 Å². The van der Waals surface area contributed by atoms with Crippen LogP contribution in [0.25, 0.3) is 0 Å². The summed E-state index contributed by atoms with van der Waals surface area (Å²) in [6, 6.07) is 0. The molecule has 1 heterocycles. The molecule has 5 fully saturated rings. The van der Waals surface area contributed by atoms with Crippen molar-refractivity contribution in [1.82, 2.24) is 10.2 Å². The molecule has 3 heteroatoms. The molecule has 0 N–H and O–H groups in total. The average Bonchev–Trinajstić information content (AvgIpc) is 3.42.